The summed E-state index contributed by atoms with van der Waals surface area (Å²) in [6.45, 7) is 7.11. The molecule has 2 aliphatic rings. The van der Waals surface area contributed by atoms with Gasteiger partial charge in [-0.2, -0.15) is 0 Å². The fraction of sp³-hybridized carbons (Fsp3) is 0.400. The van der Waals surface area contributed by atoms with Crippen molar-refractivity contribution in [3.05, 3.63) is 74.6 Å². The zero-order valence-electron chi connectivity index (χ0n) is 17.6. The molecule has 156 valence electrons. The number of nitrogens with zero attached hydrogens (tertiary/aromatic N) is 1. The van der Waals surface area contributed by atoms with Crippen molar-refractivity contribution in [2.45, 2.75) is 45.8 Å². The van der Waals surface area contributed by atoms with Crippen LogP contribution >= 0.6 is 0 Å². The molecule has 0 aliphatic carbocycles. The summed E-state index contributed by atoms with van der Waals surface area (Å²) in [5, 5.41) is 0.999. The van der Waals surface area contributed by atoms with Crippen molar-refractivity contribution in [2.24, 2.45) is 0 Å². The zero-order valence-corrected chi connectivity index (χ0v) is 17.6. The van der Waals surface area contributed by atoms with Gasteiger partial charge in [-0.3, -0.25) is 4.90 Å². The van der Waals surface area contributed by atoms with Gasteiger partial charge in [-0.15, -0.1) is 0 Å². The maximum absolute atomic E-state index is 12.8. The van der Waals surface area contributed by atoms with E-state index in [2.05, 4.69) is 11.0 Å². The van der Waals surface area contributed by atoms with E-state index in [0.717, 1.165) is 71.5 Å². The highest BCUT2D eigenvalue weighted by molar-refractivity contribution is 5.87. The quantitative estimate of drug-likeness (QED) is 0.605. The second kappa shape index (κ2) is 7.89. The van der Waals surface area contributed by atoms with Gasteiger partial charge in [0.1, 0.15) is 18.1 Å². The Kier molecular flexibility index (Phi) is 5.09. The standard InChI is InChI=1S/C25H27NO4/c1-16-21-12-19-13-26(14-20-9-6-10-28-20)15-29-23(19)17(2)24(21)30-25(27)22(16)11-18-7-4-3-5-8-18/h3-5,7-8,12,20H,6,9-11,13-15H2,1-2H3/t20-/m0/s1. The van der Waals surface area contributed by atoms with Gasteiger partial charge < -0.3 is 13.9 Å². The number of ether oxygens (including phenoxy) is 2. The molecule has 1 atom stereocenters. The molecule has 3 aromatic rings. The van der Waals surface area contributed by atoms with E-state index in [9.17, 15) is 4.79 Å². The van der Waals surface area contributed by atoms with Crippen molar-refractivity contribution in [3.63, 3.8) is 0 Å². The smallest absolute Gasteiger partial charge is 0.340 e. The summed E-state index contributed by atoms with van der Waals surface area (Å²) in [6.07, 6.45) is 3.13. The van der Waals surface area contributed by atoms with Crippen molar-refractivity contribution in [2.75, 3.05) is 19.9 Å². The Morgan fingerprint density at radius 2 is 1.97 bits per heavy atom. The molecule has 0 spiro atoms. The van der Waals surface area contributed by atoms with Crippen LogP contribution in [0.1, 0.15) is 40.7 Å². The molecule has 2 aliphatic heterocycles. The van der Waals surface area contributed by atoms with E-state index < -0.39 is 0 Å². The Labute approximate surface area is 176 Å². The first-order valence-corrected chi connectivity index (χ1v) is 10.7. The molecule has 30 heavy (non-hydrogen) atoms. The molecule has 5 nitrogen and oxygen atoms in total. The van der Waals surface area contributed by atoms with Gasteiger partial charge in [-0.1, -0.05) is 30.3 Å². The van der Waals surface area contributed by atoms with Crippen LogP contribution in [0.4, 0.5) is 0 Å². The third-order valence-corrected chi connectivity index (χ3v) is 6.33. The van der Waals surface area contributed by atoms with Gasteiger partial charge in [-0.05, 0) is 43.9 Å². The Morgan fingerprint density at radius 3 is 2.73 bits per heavy atom. The monoisotopic (exact) mass is 405 g/mol. The predicted molar refractivity (Wildman–Crippen MR) is 116 cm³/mol. The average molecular weight is 405 g/mol. The summed E-state index contributed by atoms with van der Waals surface area (Å²) in [7, 11) is 0. The van der Waals surface area contributed by atoms with Crippen LogP contribution in [-0.4, -0.2) is 30.9 Å². The number of aryl methyl sites for hydroxylation is 2. The number of hydrogen-bond donors (Lipinski definition) is 0. The summed E-state index contributed by atoms with van der Waals surface area (Å²) in [5.41, 5.74) is 5.25. The van der Waals surface area contributed by atoms with Crippen molar-refractivity contribution in [1.29, 1.82) is 0 Å². The van der Waals surface area contributed by atoms with Crippen molar-refractivity contribution < 1.29 is 13.9 Å². The normalized spacial score (nSPS) is 19.1. The van der Waals surface area contributed by atoms with Crippen molar-refractivity contribution in [3.8, 4) is 5.75 Å². The summed E-state index contributed by atoms with van der Waals surface area (Å²) < 4.78 is 17.7. The van der Waals surface area contributed by atoms with Crippen LogP contribution in [0.3, 0.4) is 0 Å². The molecular formula is C25H27NO4. The number of fused-ring (bicyclic) bond motifs is 2. The number of hydrogen-bond acceptors (Lipinski definition) is 5. The van der Waals surface area contributed by atoms with E-state index in [1.807, 2.05) is 44.2 Å². The summed E-state index contributed by atoms with van der Waals surface area (Å²) in [5.74, 6) is 0.851. The van der Waals surface area contributed by atoms with E-state index in [1.54, 1.807) is 0 Å². The Bertz CT molecular complexity index is 1130. The van der Waals surface area contributed by atoms with Gasteiger partial charge in [0.05, 0.1) is 6.10 Å². The van der Waals surface area contributed by atoms with E-state index in [1.165, 1.54) is 0 Å². The molecule has 1 fully saturated rings. The van der Waals surface area contributed by atoms with Crippen LogP contribution < -0.4 is 10.4 Å². The Morgan fingerprint density at radius 1 is 1.13 bits per heavy atom. The van der Waals surface area contributed by atoms with Gasteiger partial charge in [0.15, 0.2) is 0 Å². The van der Waals surface area contributed by atoms with Crippen LogP contribution in [0.5, 0.6) is 5.75 Å². The van der Waals surface area contributed by atoms with Gasteiger partial charge in [-0.25, -0.2) is 4.79 Å². The molecule has 5 heteroatoms. The molecular weight excluding hydrogens is 378 g/mol. The molecule has 0 N–H and O–H groups in total. The van der Waals surface area contributed by atoms with E-state index in [0.29, 0.717) is 24.8 Å². The number of benzene rings is 2. The number of rotatable bonds is 4. The first-order valence-electron chi connectivity index (χ1n) is 10.7. The van der Waals surface area contributed by atoms with Crippen LogP contribution in [-0.2, 0) is 17.7 Å². The maximum Gasteiger partial charge on any atom is 0.340 e. The molecule has 1 saturated heterocycles. The van der Waals surface area contributed by atoms with E-state index in [4.69, 9.17) is 13.9 Å². The lowest BCUT2D eigenvalue weighted by molar-refractivity contribution is 0.0277. The highest BCUT2D eigenvalue weighted by Crippen LogP contribution is 2.36. The molecule has 5 rings (SSSR count). The summed E-state index contributed by atoms with van der Waals surface area (Å²) >= 11 is 0. The van der Waals surface area contributed by atoms with Crippen LogP contribution in [0.15, 0.2) is 45.6 Å². The minimum Gasteiger partial charge on any atom is -0.477 e. The highest BCUT2D eigenvalue weighted by atomic mass is 16.5. The molecule has 0 bridgehead atoms. The summed E-state index contributed by atoms with van der Waals surface area (Å²) in [6, 6.07) is 12.2. The lowest BCUT2D eigenvalue weighted by atomic mass is 9.96. The maximum atomic E-state index is 12.8. The molecule has 0 radical (unpaired) electrons. The lowest BCUT2D eigenvalue weighted by Gasteiger charge is -2.31. The molecule has 0 saturated carbocycles. The SMILES string of the molecule is Cc1c(Cc2ccccc2)c(=O)oc2c(C)c3c(cc12)CN(C[C@@H]1CCCO1)CO3. The fourth-order valence-corrected chi connectivity index (χ4v) is 4.69. The molecule has 0 unspecified atom stereocenters. The van der Waals surface area contributed by atoms with Crippen LogP contribution in [0.25, 0.3) is 11.0 Å². The Balaban J connectivity index is 1.52. The second-order valence-electron chi connectivity index (χ2n) is 8.44. The fourth-order valence-electron chi connectivity index (χ4n) is 4.69. The van der Waals surface area contributed by atoms with Crippen LogP contribution in [0.2, 0.25) is 0 Å². The average Bonchev–Trinajstić information content (AvgIpc) is 3.26. The lowest BCUT2D eigenvalue weighted by Crippen LogP contribution is -2.37. The van der Waals surface area contributed by atoms with Crippen molar-refractivity contribution in [1.82, 2.24) is 4.90 Å². The Hall–Kier alpha value is -2.63. The third kappa shape index (κ3) is 3.53. The molecule has 3 heterocycles. The van der Waals surface area contributed by atoms with Gasteiger partial charge in [0.2, 0.25) is 0 Å². The highest BCUT2D eigenvalue weighted by Gasteiger charge is 2.26. The minimum absolute atomic E-state index is 0.261. The second-order valence-corrected chi connectivity index (χ2v) is 8.44. The minimum atomic E-state index is -0.261. The largest absolute Gasteiger partial charge is 0.477 e. The first kappa shape index (κ1) is 19.3. The summed E-state index contributed by atoms with van der Waals surface area (Å²) in [4.78, 5) is 15.1. The third-order valence-electron chi connectivity index (χ3n) is 6.33. The van der Waals surface area contributed by atoms with Gasteiger partial charge >= 0.3 is 5.63 Å². The van der Waals surface area contributed by atoms with Gasteiger partial charge in [0, 0.05) is 48.2 Å². The molecule has 2 aromatic carbocycles. The van der Waals surface area contributed by atoms with Crippen molar-refractivity contribution >= 4 is 11.0 Å². The van der Waals surface area contributed by atoms with Crippen LogP contribution in [0, 0.1) is 13.8 Å². The topological polar surface area (TPSA) is 51.9 Å². The van der Waals surface area contributed by atoms with Gasteiger partial charge in [0.25, 0.3) is 0 Å². The molecule has 0 amide bonds. The predicted octanol–water partition coefficient (Wildman–Crippen LogP) is 4.33. The first-order chi connectivity index (χ1) is 14.6. The van der Waals surface area contributed by atoms with E-state index >= 15 is 0 Å². The zero-order chi connectivity index (χ0) is 20.7. The molecule has 1 aromatic heterocycles. The van der Waals surface area contributed by atoms with E-state index in [-0.39, 0.29) is 5.63 Å².